The number of pyridine rings is 1. The largest absolute Gasteiger partial charge is 0.453 e. The maximum absolute atomic E-state index is 13.4. The van der Waals surface area contributed by atoms with Crippen LogP contribution in [0.4, 0.5) is 20.7 Å². The number of carbonyl (C=O) groups is 2. The maximum Gasteiger partial charge on any atom is 0.411 e. The Balaban J connectivity index is 2.15. The third kappa shape index (κ3) is 4.26. The van der Waals surface area contributed by atoms with Crippen molar-refractivity contribution in [3.63, 3.8) is 0 Å². The minimum atomic E-state index is -0.711. The van der Waals surface area contributed by atoms with E-state index in [1.807, 2.05) is 0 Å². The van der Waals surface area contributed by atoms with Gasteiger partial charge in [0.05, 0.1) is 11.6 Å². The van der Waals surface area contributed by atoms with E-state index < -0.39 is 17.9 Å². The summed E-state index contributed by atoms with van der Waals surface area (Å²) in [6.45, 7) is 1.72. The second-order valence-corrected chi connectivity index (χ2v) is 5.42. The Morgan fingerprint density at radius 2 is 1.96 bits per heavy atom. The zero-order chi connectivity index (χ0) is 17.0. The van der Waals surface area contributed by atoms with Crippen molar-refractivity contribution >= 4 is 39.4 Å². The fourth-order valence-electron chi connectivity index (χ4n) is 1.84. The molecular formula is C15H13BrFN3O3. The quantitative estimate of drug-likeness (QED) is 0.793. The molecule has 120 valence electrons. The molecule has 6 nitrogen and oxygen atoms in total. The minimum absolute atomic E-state index is 0.104. The van der Waals surface area contributed by atoms with Gasteiger partial charge in [-0.25, -0.2) is 9.78 Å². The number of rotatable bonds is 3. The minimum Gasteiger partial charge on any atom is -0.453 e. The van der Waals surface area contributed by atoms with Gasteiger partial charge in [0, 0.05) is 11.3 Å². The van der Waals surface area contributed by atoms with Crippen molar-refractivity contribution in [2.24, 2.45) is 0 Å². The highest BCUT2D eigenvalue weighted by atomic mass is 79.9. The smallest absolute Gasteiger partial charge is 0.411 e. The molecule has 0 fully saturated rings. The lowest BCUT2D eigenvalue weighted by Gasteiger charge is -2.10. The van der Waals surface area contributed by atoms with Crippen LogP contribution in [-0.4, -0.2) is 24.1 Å². The van der Waals surface area contributed by atoms with E-state index in [1.165, 1.54) is 19.2 Å². The van der Waals surface area contributed by atoms with Gasteiger partial charge < -0.3 is 10.1 Å². The van der Waals surface area contributed by atoms with E-state index in [0.717, 1.165) is 0 Å². The zero-order valence-corrected chi connectivity index (χ0v) is 13.9. The Morgan fingerprint density at radius 1 is 1.22 bits per heavy atom. The van der Waals surface area contributed by atoms with Gasteiger partial charge in [0.1, 0.15) is 5.82 Å². The second-order valence-electron chi connectivity index (χ2n) is 4.57. The standard InChI is InChI=1S/C15H13BrFN3O3/c1-8-7-9(18-15(22)23-2)3-4-10(8)14(21)20-12-6-5-11(16)13(17)19-12/h3-7H,1-2H3,(H,18,22)(H,19,20,21). The Bertz CT molecular complexity index is 768. The summed E-state index contributed by atoms with van der Waals surface area (Å²) in [6, 6.07) is 7.67. The first-order chi connectivity index (χ1) is 10.9. The molecule has 0 atom stereocenters. The topological polar surface area (TPSA) is 80.3 Å². The van der Waals surface area contributed by atoms with Gasteiger partial charge in [0.15, 0.2) is 0 Å². The van der Waals surface area contributed by atoms with Crippen LogP contribution in [0.5, 0.6) is 0 Å². The fourth-order valence-corrected chi connectivity index (χ4v) is 2.06. The molecule has 0 bridgehead atoms. The van der Waals surface area contributed by atoms with Crippen molar-refractivity contribution in [3.8, 4) is 0 Å². The molecule has 2 rings (SSSR count). The Kier molecular flexibility index (Phi) is 5.28. The average molecular weight is 382 g/mol. The molecule has 0 spiro atoms. The van der Waals surface area contributed by atoms with Crippen molar-refractivity contribution in [3.05, 3.63) is 51.9 Å². The number of hydrogen-bond acceptors (Lipinski definition) is 4. The number of nitrogens with zero attached hydrogens (tertiary/aromatic N) is 1. The number of ether oxygens (including phenoxy) is 1. The number of aromatic nitrogens is 1. The van der Waals surface area contributed by atoms with Crippen LogP contribution in [0, 0.1) is 12.9 Å². The summed E-state index contributed by atoms with van der Waals surface area (Å²) in [7, 11) is 1.26. The molecule has 1 aromatic heterocycles. The van der Waals surface area contributed by atoms with E-state index in [9.17, 15) is 14.0 Å². The number of amides is 2. The summed E-state index contributed by atoms with van der Waals surface area (Å²) >= 11 is 2.99. The van der Waals surface area contributed by atoms with Crippen LogP contribution in [0.25, 0.3) is 0 Å². The second kappa shape index (κ2) is 7.19. The van der Waals surface area contributed by atoms with E-state index in [1.54, 1.807) is 25.1 Å². The number of hydrogen-bond donors (Lipinski definition) is 2. The van der Waals surface area contributed by atoms with Crippen molar-refractivity contribution in [2.75, 3.05) is 17.7 Å². The first kappa shape index (κ1) is 16.9. The van der Waals surface area contributed by atoms with Crippen LogP contribution >= 0.6 is 15.9 Å². The lowest BCUT2D eigenvalue weighted by atomic mass is 10.1. The molecular weight excluding hydrogens is 369 g/mol. The van der Waals surface area contributed by atoms with Crippen LogP contribution in [-0.2, 0) is 4.74 Å². The monoisotopic (exact) mass is 381 g/mol. The third-order valence-electron chi connectivity index (χ3n) is 2.95. The van der Waals surface area contributed by atoms with E-state index in [2.05, 4.69) is 36.3 Å². The predicted octanol–water partition coefficient (Wildman–Crippen LogP) is 3.72. The van der Waals surface area contributed by atoms with Gasteiger partial charge in [-0.1, -0.05) is 0 Å². The Hall–Kier alpha value is -2.48. The van der Waals surface area contributed by atoms with Crippen molar-refractivity contribution in [2.45, 2.75) is 6.92 Å². The van der Waals surface area contributed by atoms with Crippen LogP contribution in [0.15, 0.2) is 34.8 Å². The molecule has 0 saturated heterocycles. The SMILES string of the molecule is COC(=O)Nc1ccc(C(=O)Nc2ccc(Br)c(F)n2)c(C)c1. The lowest BCUT2D eigenvalue weighted by molar-refractivity contribution is 0.102. The summed E-state index contributed by atoms with van der Waals surface area (Å²) < 4.78 is 18.1. The third-order valence-corrected chi connectivity index (χ3v) is 3.54. The highest BCUT2D eigenvalue weighted by molar-refractivity contribution is 9.10. The van der Waals surface area contributed by atoms with Crippen molar-refractivity contribution in [1.82, 2.24) is 4.98 Å². The molecule has 0 unspecified atom stereocenters. The van der Waals surface area contributed by atoms with E-state index in [-0.39, 0.29) is 10.3 Å². The van der Waals surface area contributed by atoms with E-state index in [4.69, 9.17) is 0 Å². The van der Waals surface area contributed by atoms with Gasteiger partial charge in [-0.3, -0.25) is 10.1 Å². The summed E-state index contributed by atoms with van der Waals surface area (Å²) in [5.74, 6) is -1.04. The molecule has 0 aliphatic carbocycles. The molecule has 2 aromatic rings. The average Bonchev–Trinajstić information content (AvgIpc) is 2.50. The summed E-state index contributed by atoms with van der Waals surface area (Å²) in [5, 5.41) is 5.02. The van der Waals surface area contributed by atoms with Gasteiger partial charge >= 0.3 is 6.09 Å². The number of benzene rings is 1. The summed E-state index contributed by atoms with van der Waals surface area (Å²) in [4.78, 5) is 27.0. The number of aryl methyl sites for hydroxylation is 1. The maximum atomic E-state index is 13.4. The van der Waals surface area contributed by atoms with E-state index >= 15 is 0 Å². The van der Waals surface area contributed by atoms with Crippen LogP contribution in [0.3, 0.4) is 0 Å². The van der Waals surface area contributed by atoms with Crippen LogP contribution in [0.2, 0.25) is 0 Å². The molecule has 23 heavy (non-hydrogen) atoms. The number of nitrogens with one attached hydrogen (secondary N) is 2. The van der Waals surface area contributed by atoms with Gasteiger partial charge in [-0.2, -0.15) is 4.39 Å². The first-order valence-corrected chi connectivity index (χ1v) is 7.29. The van der Waals surface area contributed by atoms with Crippen molar-refractivity contribution in [1.29, 1.82) is 0 Å². The van der Waals surface area contributed by atoms with Crippen molar-refractivity contribution < 1.29 is 18.7 Å². The van der Waals surface area contributed by atoms with Crippen LogP contribution in [0.1, 0.15) is 15.9 Å². The summed E-state index contributed by atoms with van der Waals surface area (Å²) in [5.41, 5.74) is 1.51. The number of anilines is 2. The molecule has 2 amide bonds. The molecule has 0 radical (unpaired) electrons. The molecule has 8 heteroatoms. The van der Waals surface area contributed by atoms with Gasteiger partial charge in [0.25, 0.3) is 5.91 Å². The predicted molar refractivity (Wildman–Crippen MR) is 87.1 cm³/mol. The number of methoxy groups -OCH3 is 1. The van der Waals surface area contributed by atoms with E-state index in [0.29, 0.717) is 16.8 Å². The number of carbonyl (C=O) groups excluding carboxylic acids is 2. The highest BCUT2D eigenvalue weighted by Gasteiger charge is 2.12. The molecule has 2 N–H and O–H groups in total. The molecule has 0 saturated carbocycles. The molecule has 0 aliphatic rings. The van der Waals surface area contributed by atoms with Gasteiger partial charge in [-0.05, 0) is 58.7 Å². The fraction of sp³-hybridized carbons (Fsp3) is 0.133. The highest BCUT2D eigenvalue weighted by Crippen LogP contribution is 2.19. The molecule has 1 aromatic carbocycles. The number of halogens is 2. The first-order valence-electron chi connectivity index (χ1n) is 6.49. The summed E-state index contributed by atoms with van der Waals surface area (Å²) in [6.07, 6.45) is -0.601. The Labute approximate surface area is 140 Å². The lowest BCUT2D eigenvalue weighted by Crippen LogP contribution is -2.16. The van der Waals surface area contributed by atoms with Crippen LogP contribution < -0.4 is 10.6 Å². The zero-order valence-electron chi connectivity index (χ0n) is 12.3. The Morgan fingerprint density at radius 3 is 2.57 bits per heavy atom. The normalized spacial score (nSPS) is 10.1. The molecule has 1 heterocycles. The molecule has 0 aliphatic heterocycles. The van der Waals surface area contributed by atoms with Gasteiger partial charge in [0.2, 0.25) is 5.95 Å². The van der Waals surface area contributed by atoms with Gasteiger partial charge in [-0.15, -0.1) is 0 Å².